The van der Waals surface area contributed by atoms with Gasteiger partial charge in [0.15, 0.2) is 0 Å². The van der Waals surface area contributed by atoms with Crippen molar-refractivity contribution in [2.45, 2.75) is 13.8 Å². The standard InChI is InChI=1S/C28H20/c1-3-11-21-17-19-25-20-18-22(12-4-2)27(24-15-9-6-10-16-24)28(25)26(21)23-13-7-5-8-14-23/h5-10,13-20H,1-2H3. The van der Waals surface area contributed by atoms with Crippen LogP contribution >= 0.6 is 0 Å². The van der Waals surface area contributed by atoms with Gasteiger partial charge in [0.1, 0.15) is 0 Å². The van der Waals surface area contributed by atoms with Crippen LogP contribution in [0.15, 0.2) is 84.9 Å². The second-order valence-corrected chi connectivity index (χ2v) is 6.56. The molecule has 0 aliphatic rings. The Labute approximate surface area is 166 Å². The van der Waals surface area contributed by atoms with Gasteiger partial charge in [0.2, 0.25) is 0 Å². The van der Waals surface area contributed by atoms with Crippen LogP contribution in [0.2, 0.25) is 0 Å². The molecule has 132 valence electrons. The Bertz CT molecular complexity index is 1160. The zero-order valence-corrected chi connectivity index (χ0v) is 16.1. The highest BCUT2D eigenvalue weighted by Crippen LogP contribution is 2.40. The average Bonchev–Trinajstić information content (AvgIpc) is 2.75. The molecule has 0 unspecified atom stereocenters. The minimum absolute atomic E-state index is 1.04. The molecular weight excluding hydrogens is 336 g/mol. The molecular formula is C28H20. The smallest absolute Gasteiger partial charge is 0.0330 e. The van der Waals surface area contributed by atoms with Gasteiger partial charge in [-0.2, -0.15) is 0 Å². The van der Waals surface area contributed by atoms with Gasteiger partial charge in [-0.1, -0.05) is 84.6 Å². The summed E-state index contributed by atoms with van der Waals surface area (Å²) in [4.78, 5) is 0. The molecule has 0 nitrogen and oxygen atoms in total. The highest BCUT2D eigenvalue weighted by Gasteiger charge is 2.16. The van der Waals surface area contributed by atoms with Crippen LogP contribution in [-0.2, 0) is 0 Å². The lowest BCUT2D eigenvalue weighted by Crippen LogP contribution is -1.93. The molecule has 0 amide bonds. The molecule has 0 heterocycles. The summed E-state index contributed by atoms with van der Waals surface area (Å²) in [7, 11) is 0. The molecule has 0 saturated carbocycles. The summed E-state index contributed by atoms with van der Waals surface area (Å²) < 4.78 is 0. The molecule has 0 aliphatic heterocycles. The normalized spacial score (nSPS) is 9.93. The van der Waals surface area contributed by atoms with E-state index in [1.54, 1.807) is 0 Å². The molecule has 0 saturated heterocycles. The maximum atomic E-state index is 3.31. The van der Waals surface area contributed by atoms with Crippen molar-refractivity contribution in [2.75, 3.05) is 0 Å². The van der Waals surface area contributed by atoms with E-state index in [0.29, 0.717) is 0 Å². The van der Waals surface area contributed by atoms with Gasteiger partial charge < -0.3 is 0 Å². The van der Waals surface area contributed by atoms with Crippen molar-refractivity contribution in [2.24, 2.45) is 0 Å². The third kappa shape index (κ3) is 3.18. The number of rotatable bonds is 2. The predicted molar refractivity (Wildman–Crippen MR) is 120 cm³/mol. The van der Waals surface area contributed by atoms with E-state index in [1.807, 2.05) is 26.0 Å². The third-order valence-electron chi connectivity index (χ3n) is 4.83. The van der Waals surface area contributed by atoms with Crippen molar-refractivity contribution in [3.05, 3.63) is 96.1 Å². The van der Waals surface area contributed by atoms with E-state index in [9.17, 15) is 0 Å². The van der Waals surface area contributed by atoms with E-state index < -0.39 is 0 Å². The van der Waals surface area contributed by atoms with Crippen molar-refractivity contribution in [1.29, 1.82) is 0 Å². The van der Waals surface area contributed by atoms with Gasteiger partial charge in [-0.3, -0.25) is 0 Å². The summed E-state index contributed by atoms with van der Waals surface area (Å²) in [5, 5.41) is 2.40. The predicted octanol–water partition coefficient (Wildman–Crippen LogP) is 6.92. The first-order valence-corrected chi connectivity index (χ1v) is 9.39. The number of hydrogen-bond donors (Lipinski definition) is 0. The summed E-state index contributed by atoms with van der Waals surface area (Å²) in [6.45, 7) is 3.77. The van der Waals surface area contributed by atoms with E-state index in [4.69, 9.17) is 0 Å². The number of hydrogen-bond acceptors (Lipinski definition) is 0. The van der Waals surface area contributed by atoms with Gasteiger partial charge in [-0.25, -0.2) is 0 Å². The summed E-state index contributed by atoms with van der Waals surface area (Å²) >= 11 is 0. The second kappa shape index (κ2) is 7.87. The first-order chi connectivity index (χ1) is 13.8. The maximum Gasteiger partial charge on any atom is 0.0330 e. The largest absolute Gasteiger partial charge is 0.101 e. The van der Waals surface area contributed by atoms with Crippen molar-refractivity contribution in [1.82, 2.24) is 0 Å². The molecule has 4 aromatic rings. The second-order valence-electron chi connectivity index (χ2n) is 6.56. The third-order valence-corrected chi connectivity index (χ3v) is 4.83. The molecule has 4 aromatic carbocycles. The van der Waals surface area contributed by atoms with Crippen LogP contribution in [-0.4, -0.2) is 0 Å². The van der Waals surface area contributed by atoms with Gasteiger partial charge >= 0.3 is 0 Å². The van der Waals surface area contributed by atoms with Gasteiger partial charge in [0, 0.05) is 22.3 Å². The fourth-order valence-electron chi connectivity index (χ4n) is 3.71. The monoisotopic (exact) mass is 356 g/mol. The lowest BCUT2D eigenvalue weighted by molar-refractivity contribution is 1.58. The molecule has 0 aromatic heterocycles. The van der Waals surface area contributed by atoms with Crippen molar-refractivity contribution in [3.8, 4) is 45.9 Å². The first-order valence-electron chi connectivity index (χ1n) is 9.39. The van der Waals surface area contributed by atoms with Crippen LogP contribution < -0.4 is 0 Å². The molecule has 0 heteroatoms. The minimum Gasteiger partial charge on any atom is -0.101 e. The first kappa shape index (κ1) is 17.7. The Balaban J connectivity index is 2.24. The Hall–Kier alpha value is -3.74. The van der Waals surface area contributed by atoms with E-state index >= 15 is 0 Å². The summed E-state index contributed by atoms with van der Waals surface area (Å²) in [6, 6.07) is 29.6. The van der Waals surface area contributed by atoms with Crippen LogP contribution in [0.3, 0.4) is 0 Å². The molecule has 0 atom stereocenters. The Morgan fingerprint density at radius 2 is 0.929 bits per heavy atom. The fraction of sp³-hybridized carbons (Fsp3) is 0.0714. The summed E-state index contributed by atoms with van der Waals surface area (Å²) in [5.74, 6) is 12.8. The average molecular weight is 356 g/mol. The zero-order chi connectivity index (χ0) is 19.3. The molecule has 28 heavy (non-hydrogen) atoms. The number of benzene rings is 4. The Kier molecular flexibility index (Phi) is 4.97. The van der Waals surface area contributed by atoms with Crippen LogP contribution in [0, 0.1) is 23.7 Å². The maximum absolute atomic E-state index is 3.31. The SMILES string of the molecule is CC#Cc1ccc2ccc(C#CC)c(-c3ccccc3)c2c1-c1ccccc1. The van der Waals surface area contributed by atoms with E-state index in [0.717, 1.165) is 11.1 Å². The van der Waals surface area contributed by atoms with Crippen LogP contribution in [0.25, 0.3) is 33.0 Å². The van der Waals surface area contributed by atoms with Gasteiger partial charge in [0.25, 0.3) is 0 Å². The van der Waals surface area contributed by atoms with Crippen LogP contribution in [0.1, 0.15) is 25.0 Å². The number of fused-ring (bicyclic) bond motifs is 1. The minimum atomic E-state index is 1.04. The molecule has 0 fully saturated rings. The Morgan fingerprint density at radius 3 is 1.32 bits per heavy atom. The van der Waals surface area contributed by atoms with E-state index in [2.05, 4.69) is 96.5 Å². The zero-order valence-electron chi connectivity index (χ0n) is 16.1. The summed E-state index contributed by atoms with van der Waals surface area (Å²) in [5.41, 5.74) is 6.77. The molecule has 0 spiro atoms. The van der Waals surface area contributed by atoms with Crippen molar-refractivity contribution in [3.63, 3.8) is 0 Å². The molecule has 0 bridgehead atoms. The van der Waals surface area contributed by atoms with Gasteiger partial charge in [0.05, 0.1) is 0 Å². The van der Waals surface area contributed by atoms with E-state index in [-0.39, 0.29) is 0 Å². The van der Waals surface area contributed by atoms with E-state index in [1.165, 1.54) is 33.0 Å². The highest BCUT2D eigenvalue weighted by molar-refractivity contribution is 6.09. The fourth-order valence-corrected chi connectivity index (χ4v) is 3.71. The highest BCUT2D eigenvalue weighted by atomic mass is 14.2. The van der Waals surface area contributed by atoms with Gasteiger partial charge in [-0.15, -0.1) is 11.8 Å². The lowest BCUT2D eigenvalue weighted by atomic mass is 9.86. The molecule has 4 rings (SSSR count). The summed E-state index contributed by atoms with van der Waals surface area (Å²) in [6.07, 6.45) is 0. The van der Waals surface area contributed by atoms with Crippen LogP contribution in [0.4, 0.5) is 0 Å². The molecule has 0 radical (unpaired) electrons. The molecule has 0 aliphatic carbocycles. The van der Waals surface area contributed by atoms with Gasteiger partial charge in [-0.05, 0) is 47.9 Å². The molecule has 0 N–H and O–H groups in total. The van der Waals surface area contributed by atoms with Crippen molar-refractivity contribution >= 4 is 10.8 Å². The topological polar surface area (TPSA) is 0 Å². The quantitative estimate of drug-likeness (QED) is 0.342. The van der Waals surface area contributed by atoms with Crippen LogP contribution in [0.5, 0.6) is 0 Å². The Morgan fingerprint density at radius 1 is 0.500 bits per heavy atom. The lowest BCUT2D eigenvalue weighted by Gasteiger charge is -2.16. The van der Waals surface area contributed by atoms with Crippen molar-refractivity contribution < 1.29 is 0 Å².